The predicted molar refractivity (Wildman–Crippen MR) is 230 cm³/mol. The molecule has 1 saturated carbocycles. The van der Waals surface area contributed by atoms with Crippen molar-refractivity contribution >= 4 is 19.8 Å². The van der Waals surface area contributed by atoms with E-state index in [4.69, 9.17) is 18.5 Å². The summed E-state index contributed by atoms with van der Waals surface area (Å²) in [6.07, 6.45) is 32.1. The lowest BCUT2D eigenvalue weighted by atomic mass is 9.85. The Morgan fingerprint density at radius 3 is 1.47 bits per heavy atom. The summed E-state index contributed by atoms with van der Waals surface area (Å²) in [5.74, 6) is -1.28. The van der Waals surface area contributed by atoms with Crippen molar-refractivity contribution in [3.8, 4) is 0 Å². The lowest BCUT2D eigenvalue weighted by Crippen LogP contribution is -2.64. The van der Waals surface area contributed by atoms with Gasteiger partial charge in [0.05, 0.1) is 13.0 Å². The standard InChI is InChI=1S/C45H71O13P/c1-3-5-7-9-11-13-15-17-19-21-23-25-27-29-31-33-38(46)55-35-37(36-56-59(53,54)58-45-43(51)41(49)40(48)42(50)44(45)52)57-39(47)34-32-30-28-26-24-22-20-18-16-14-12-10-8-6-4-2/h5-8,11-14,17-20,24,26,30,32,37,40-45,48-52H,3-4,9-10,15-16,21-23,25,27-29,31,33-36H2,1-2H3,(H,53,54)/b7-5-,8-6-,13-11-,14-12-,19-17-,20-18-,26-24-,32-30-. The number of esters is 2. The fraction of sp³-hybridized carbons (Fsp3) is 0.600. The molecule has 0 aromatic carbocycles. The number of carbonyl (C=O) groups excluding carboxylic acids is 2. The first-order valence-electron chi connectivity index (χ1n) is 21.0. The van der Waals surface area contributed by atoms with Crippen LogP contribution in [0.5, 0.6) is 0 Å². The smallest absolute Gasteiger partial charge is 0.462 e. The average Bonchev–Trinajstić information content (AvgIpc) is 3.21. The molecule has 13 nitrogen and oxygen atoms in total. The molecule has 0 aliphatic heterocycles. The first-order chi connectivity index (χ1) is 28.4. The lowest BCUT2D eigenvalue weighted by Gasteiger charge is -2.41. The molecule has 14 heteroatoms. The van der Waals surface area contributed by atoms with Crippen molar-refractivity contribution in [3.05, 3.63) is 97.2 Å². The maximum absolute atomic E-state index is 12.8. The highest BCUT2D eigenvalue weighted by Gasteiger charge is 2.51. The fourth-order valence-corrected chi connectivity index (χ4v) is 6.58. The van der Waals surface area contributed by atoms with Crippen LogP contribution in [0.1, 0.15) is 117 Å². The van der Waals surface area contributed by atoms with Gasteiger partial charge in [0.15, 0.2) is 6.10 Å². The second-order valence-electron chi connectivity index (χ2n) is 14.1. The molecule has 6 unspecified atom stereocenters. The number of carbonyl (C=O) groups is 2. The number of aliphatic hydroxyl groups is 5. The lowest BCUT2D eigenvalue weighted by molar-refractivity contribution is -0.220. The summed E-state index contributed by atoms with van der Waals surface area (Å²) in [6, 6.07) is 0. The Bertz CT molecular complexity index is 1400. The molecule has 0 amide bonds. The van der Waals surface area contributed by atoms with Crippen molar-refractivity contribution in [3.63, 3.8) is 0 Å². The van der Waals surface area contributed by atoms with Crippen molar-refractivity contribution in [2.45, 2.75) is 159 Å². The maximum Gasteiger partial charge on any atom is 0.472 e. The van der Waals surface area contributed by atoms with Gasteiger partial charge in [0.2, 0.25) is 0 Å². The second-order valence-corrected chi connectivity index (χ2v) is 15.5. The Labute approximate surface area is 351 Å². The summed E-state index contributed by atoms with van der Waals surface area (Å²) in [5.41, 5.74) is 0. The number of phosphoric acid groups is 1. The van der Waals surface area contributed by atoms with Crippen LogP contribution < -0.4 is 0 Å². The molecule has 0 heterocycles. The highest BCUT2D eigenvalue weighted by molar-refractivity contribution is 7.47. The maximum atomic E-state index is 12.8. The zero-order chi connectivity index (χ0) is 43.6. The molecule has 0 radical (unpaired) electrons. The van der Waals surface area contributed by atoms with Crippen LogP contribution in [0.25, 0.3) is 0 Å². The number of hydrogen-bond acceptors (Lipinski definition) is 12. The average molecular weight is 851 g/mol. The molecule has 6 N–H and O–H groups in total. The third kappa shape index (κ3) is 27.3. The Balaban J connectivity index is 2.59. The molecule has 0 spiro atoms. The highest BCUT2D eigenvalue weighted by Crippen LogP contribution is 2.47. The minimum absolute atomic E-state index is 0.122. The van der Waals surface area contributed by atoms with Crippen LogP contribution >= 0.6 is 7.82 Å². The number of aliphatic hydroxyl groups excluding tert-OH is 5. The van der Waals surface area contributed by atoms with Crippen LogP contribution in [0, 0.1) is 0 Å². The molecule has 6 atom stereocenters. The largest absolute Gasteiger partial charge is 0.472 e. The molecule has 1 fully saturated rings. The van der Waals surface area contributed by atoms with Gasteiger partial charge in [0.25, 0.3) is 0 Å². The van der Waals surface area contributed by atoms with Gasteiger partial charge in [0.1, 0.15) is 43.2 Å². The van der Waals surface area contributed by atoms with Crippen LogP contribution in [-0.4, -0.2) is 98.3 Å². The molecule has 1 rings (SSSR count). The van der Waals surface area contributed by atoms with E-state index in [2.05, 4.69) is 86.8 Å². The highest BCUT2D eigenvalue weighted by atomic mass is 31.2. The number of phosphoric ester groups is 1. The van der Waals surface area contributed by atoms with E-state index >= 15 is 0 Å². The molecule has 0 aromatic heterocycles. The molecule has 334 valence electrons. The van der Waals surface area contributed by atoms with Gasteiger partial charge in [-0.05, 0) is 70.6 Å². The van der Waals surface area contributed by atoms with Crippen LogP contribution in [0.3, 0.4) is 0 Å². The molecule has 0 aromatic rings. The fourth-order valence-electron chi connectivity index (χ4n) is 5.61. The number of hydrogen-bond donors (Lipinski definition) is 6. The zero-order valence-corrected chi connectivity index (χ0v) is 35.9. The van der Waals surface area contributed by atoms with Crippen molar-refractivity contribution < 1.29 is 63.1 Å². The van der Waals surface area contributed by atoms with Gasteiger partial charge in [-0.3, -0.25) is 18.6 Å². The van der Waals surface area contributed by atoms with Gasteiger partial charge in [-0.15, -0.1) is 0 Å². The van der Waals surface area contributed by atoms with Gasteiger partial charge in [-0.1, -0.05) is 130 Å². The molecule has 0 saturated heterocycles. The predicted octanol–water partition coefficient (Wildman–Crippen LogP) is 7.49. The van der Waals surface area contributed by atoms with E-state index in [9.17, 15) is 44.6 Å². The van der Waals surface area contributed by atoms with E-state index in [0.717, 1.165) is 77.0 Å². The number of ether oxygens (including phenoxy) is 2. The normalized spacial score (nSPS) is 23.3. The van der Waals surface area contributed by atoms with Crippen molar-refractivity contribution in [1.82, 2.24) is 0 Å². The minimum atomic E-state index is -5.15. The summed E-state index contributed by atoms with van der Waals surface area (Å²) in [4.78, 5) is 35.5. The van der Waals surface area contributed by atoms with Crippen LogP contribution in [0.4, 0.5) is 0 Å². The SMILES string of the molecule is CC/C=C\C/C=C\C/C=C\C/C=C\C/C=C\CC(=O)OC(COC(=O)CCCCCCC/C=C\C/C=C\C/C=C\CC)COP(=O)(O)OC1C(O)C(O)C(O)C(O)C1O. The van der Waals surface area contributed by atoms with E-state index in [1.165, 1.54) is 0 Å². The first-order valence-corrected chi connectivity index (χ1v) is 22.5. The van der Waals surface area contributed by atoms with Crippen molar-refractivity contribution in [1.29, 1.82) is 0 Å². The quantitative estimate of drug-likeness (QED) is 0.0168. The third-order valence-electron chi connectivity index (χ3n) is 8.95. The van der Waals surface area contributed by atoms with Crippen LogP contribution in [0.2, 0.25) is 0 Å². The van der Waals surface area contributed by atoms with Gasteiger partial charge in [-0.25, -0.2) is 4.57 Å². The van der Waals surface area contributed by atoms with Gasteiger partial charge in [0, 0.05) is 6.42 Å². The van der Waals surface area contributed by atoms with Gasteiger partial charge in [-0.2, -0.15) is 0 Å². The zero-order valence-electron chi connectivity index (χ0n) is 35.0. The van der Waals surface area contributed by atoms with Gasteiger partial charge >= 0.3 is 19.8 Å². The van der Waals surface area contributed by atoms with Crippen molar-refractivity contribution in [2.75, 3.05) is 13.2 Å². The Morgan fingerprint density at radius 2 is 0.966 bits per heavy atom. The third-order valence-corrected chi connectivity index (χ3v) is 9.94. The van der Waals surface area contributed by atoms with E-state index < -0.39 is 75.7 Å². The summed E-state index contributed by atoms with van der Waals surface area (Å²) < 4.78 is 33.3. The Morgan fingerprint density at radius 1 is 0.542 bits per heavy atom. The first kappa shape index (κ1) is 53.8. The Hall–Kier alpha value is -3.23. The molecule has 1 aliphatic carbocycles. The minimum Gasteiger partial charge on any atom is -0.462 e. The van der Waals surface area contributed by atoms with Crippen LogP contribution in [0.15, 0.2) is 97.2 Å². The second kappa shape index (κ2) is 34.5. The number of unbranched alkanes of at least 4 members (excludes halogenated alkanes) is 5. The van der Waals surface area contributed by atoms with E-state index in [1.54, 1.807) is 12.2 Å². The monoisotopic (exact) mass is 850 g/mol. The Kier molecular flexibility index (Phi) is 31.4. The summed E-state index contributed by atoms with van der Waals surface area (Å²) in [6.45, 7) is 2.94. The van der Waals surface area contributed by atoms with Crippen molar-refractivity contribution in [2.24, 2.45) is 0 Å². The molecular weight excluding hydrogens is 779 g/mol. The number of rotatable bonds is 32. The van der Waals surface area contributed by atoms with E-state index in [1.807, 2.05) is 12.2 Å². The number of allylic oxidation sites excluding steroid dienone is 15. The molecule has 1 aliphatic rings. The molecule has 0 bridgehead atoms. The summed E-state index contributed by atoms with van der Waals surface area (Å²) in [5, 5.41) is 50.0. The topological polar surface area (TPSA) is 210 Å². The van der Waals surface area contributed by atoms with Crippen LogP contribution in [-0.2, 0) is 32.7 Å². The summed E-state index contributed by atoms with van der Waals surface area (Å²) >= 11 is 0. The van der Waals surface area contributed by atoms with E-state index in [-0.39, 0.29) is 12.8 Å². The molecule has 59 heavy (non-hydrogen) atoms. The van der Waals surface area contributed by atoms with Gasteiger partial charge < -0.3 is 39.9 Å². The van der Waals surface area contributed by atoms with E-state index in [0.29, 0.717) is 12.8 Å². The molecular formula is C45H71O13P. The summed E-state index contributed by atoms with van der Waals surface area (Å²) in [7, 11) is -5.15.